The van der Waals surface area contributed by atoms with E-state index in [1.165, 1.54) is 53.5 Å². The summed E-state index contributed by atoms with van der Waals surface area (Å²) in [6.07, 6.45) is 6.52. The molecule has 28 heavy (non-hydrogen) atoms. The molecule has 3 aromatic rings. The third-order valence-corrected chi connectivity index (χ3v) is 5.32. The molecule has 0 radical (unpaired) electrons. The molecule has 1 unspecified atom stereocenters. The van der Waals surface area contributed by atoms with Crippen LogP contribution in [0.5, 0.6) is 0 Å². The van der Waals surface area contributed by atoms with E-state index in [2.05, 4.69) is 92.7 Å². The zero-order valence-corrected chi connectivity index (χ0v) is 17.2. The van der Waals surface area contributed by atoms with Crippen LogP contribution in [0.15, 0.2) is 78.9 Å². The van der Waals surface area contributed by atoms with Crippen LogP contribution < -0.4 is 0 Å². The Hall–Kier alpha value is -2.38. The molecule has 0 bridgehead atoms. The van der Waals surface area contributed by atoms with Gasteiger partial charge in [-0.15, -0.1) is 0 Å². The Morgan fingerprint density at radius 1 is 0.643 bits per heavy atom. The first-order valence-corrected chi connectivity index (χ1v) is 10.7. The summed E-state index contributed by atoms with van der Waals surface area (Å²) < 4.78 is 6.05. The van der Waals surface area contributed by atoms with E-state index < -0.39 is 0 Å². The van der Waals surface area contributed by atoms with Crippen LogP contribution >= 0.6 is 0 Å². The van der Waals surface area contributed by atoms with E-state index >= 15 is 0 Å². The second-order valence-electron chi connectivity index (χ2n) is 7.46. The monoisotopic (exact) mass is 372 g/mol. The van der Waals surface area contributed by atoms with Crippen molar-refractivity contribution in [2.24, 2.45) is 0 Å². The predicted octanol–water partition coefficient (Wildman–Crippen LogP) is 8.07. The van der Waals surface area contributed by atoms with Gasteiger partial charge in [0.15, 0.2) is 0 Å². The minimum Gasteiger partial charge on any atom is -0.374 e. The minimum absolute atomic E-state index is 0.143. The fourth-order valence-corrected chi connectivity index (χ4v) is 3.60. The summed E-state index contributed by atoms with van der Waals surface area (Å²) in [5.41, 5.74) is 6.28. The van der Waals surface area contributed by atoms with Crippen LogP contribution in [-0.2, 0) is 4.74 Å². The van der Waals surface area contributed by atoms with Gasteiger partial charge in [0.2, 0.25) is 0 Å². The molecule has 1 nitrogen and oxygen atoms in total. The first-order valence-electron chi connectivity index (χ1n) is 10.7. The Bertz CT molecular complexity index is 820. The van der Waals surface area contributed by atoms with Crippen LogP contribution in [0.4, 0.5) is 0 Å². The summed E-state index contributed by atoms with van der Waals surface area (Å²) in [5.74, 6) is 0. The smallest absolute Gasteiger partial charge is 0.0796 e. The van der Waals surface area contributed by atoms with Crippen LogP contribution in [0.1, 0.15) is 57.6 Å². The van der Waals surface area contributed by atoms with Crippen LogP contribution in [-0.4, -0.2) is 6.61 Å². The first-order chi connectivity index (χ1) is 13.8. The van der Waals surface area contributed by atoms with E-state index in [0.717, 1.165) is 13.0 Å². The molecule has 0 heterocycles. The maximum atomic E-state index is 6.05. The molecule has 146 valence electrons. The molecule has 0 aliphatic heterocycles. The van der Waals surface area contributed by atoms with Crippen LogP contribution in [0.25, 0.3) is 22.3 Å². The average Bonchev–Trinajstić information content (AvgIpc) is 2.77. The van der Waals surface area contributed by atoms with E-state index in [0.29, 0.717) is 0 Å². The van der Waals surface area contributed by atoms with Gasteiger partial charge in [-0.25, -0.2) is 0 Å². The third-order valence-electron chi connectivity index (χ3n) is 5.32. The van der Waals surface area contributed by atoms with Gasteiger partial charge < -0.3 is 4.74 Å². The average molecular weight is 373 g/mol. The van der Waals surface area contributed by atoms with Gasteiger partial charge in [-0.05, 0) is 41.2 Å². The van der Waals surface area contributed by atoms with E-state index in [1.807, 2.05) is 0 Å². The predicted molar refractivity (Wildman–Crippen MR) is 120 cm³/mol. The standard InChI is InChI=1S/C27H32O/c1-3-4-5-6-12-21-28-22(2)23-17-19-25(20-18-23)27-16-11-10-15-26(27)24-13-8-7-9-14-24/h7-11,13-20,22H,3-6,12,21H2,1-2H3. The van der Waals surface area contributed by atoms with Crippen molar-refractivity contribution in [1.29, 1.82) is 0 Å². The van der Waals surface area contributed by atoms with Crippen molar-refractivity contribution in [2.75, 3.05) is 6.61 Å². The summed E-state index contributed by atoms with van der Waals surface area (Å²) >= 11 is 0. The number of ether oxygens (including phenoxy) is 1. The highest BCUT2D eigenvalue weighted by atomic mass is 16.5. The molecule has 0 fully saturated rings. The van der Waals surface area contributed by atoms with Gasteiger partial charge in [0.05, 0.1) is 6.10 Å². The molecule has 1 atom stereocenters. The molecule has 0 spiro atoms. The van der Waals surface area contributed by atoms with Crippen molar-refractivity contribution in [3.63, 3.8) is 0 Å². The lowest BCUT2D eigenvalue weighted by Crippen LogP contribution is -2.01. The normalized spacial score (nSPS) is 12.1. The van der Waals surface area contributed by atoms with Crippen molar-refractivity contribution in [3.05, 3.63) is 84.4 Å². The summed E-state index contributed by atoms with van der Waals surface area (Å²) in [4.78, 5) is 0. The number of hydrogen-bond donors (Lipinski definition) is 0. The maximum Gasteiger partial charge on any atom is 0.0796 e. The van der Waals surface area contributed by atoms with E-state index in [-0.39, 0.29) is 6.10 Å². The zero-order valence-electron chi connectivity index (χ0n) is 17.2. The highest BCUT2D eigenvalue weighted by molar-refractivity contribution is 5.83. The second kappa shape index (κ2) is 10.8. The molecule has 0 aliphatic rings. The van der Waals surface area contributed by atoms with Gasteiger partial charge in [-0.1, -0.05) is 111 Å². The summed E-state index contributed by atoms with van der Waals surface area (Å²) in [6, 6.07) is 28.1. The van der Waals surface area contributed by atoms with Crippen molar-refractivity contribution in [2.45, 2.75) is 52.1 Å². The molecule has 0 saturated heterocycles. The van der Waals surface area contributed by atoms with Gasteiger partial charge in [0.25, 0.3) is 0 Å². The lowest BCUT2D eigenvalue weighted by atomic mass is 9.94. The molecule has 0 amide bonds. The second-order valence-corrected chi connectivity index (χ2v) is 7.46. The number of rotatable bonds is 10. The molecular weight excluding hydrogens is 340 g/mol. The molecule has 3 aromatic carbocycles. The Labute approximate surface area is 170 Å². The summed E-state index contributed by atoms with van der Waals surface area (Å²) in [6.45, 7) is 5.25. The van der Waals surface area contributed by atoms with Crippen LogP contribution in [0.2, 0.25) is 0 Å². The van der Waals surface area contributed by atoms with Crippen molar-refractivity contribution in [1.82, 2.24) is 0 Å². The molecule has 0 N–H and O–H groups in total. The zero-order chi connectivity index (χ0) is 19.6. The van der Waals surface area contributed by atoms with Crippen molar-refractivity contribution < 1.29 is 4.74 Å². The first kappa shape index (κ1) is 20.4. The molecular formula is C27H32O. The SMILES string of the molecule is CCCCCCCOC(C)c1ccc(-c2ccccc2-c2ccccc2)cc1. The van der Waals surface area contributed by atoms with Gasteiger partial charge >= 0.3 is 0 Å². The van der Waals surface area contributed by atoms with Gasteiger partial charge in [0.1, 0.15) is 0 Å². The molecule has 0 aromatic heterocycles. The van der Waals surface area contributed by atoms with E-state index in [4.69, 9.17) is 4.74 Å². The fourth-order valence-electron chi connectivity index (χ4n) is 3.60. The van der Waals surface area contributed by atoms with Gasteiger partial charge in [-0.2, -0.15) is 0 Å². The van der Waals surface area contributed by atoms with Crippen molar-refractivity contribution in [3.8, 4) is 22.3 Å². The molecule has 0 aliphatic carbocycles. The quantitative estimate of drug-likeness (QED) is 0.327. The Balaban J connectivity index is 1.65. The number of unbranched alkanes of at least 4 members (excludes halogenated alkanes) is 4. The van der Waals surface area contributed by atoms with E-state index in [9.17, 15) is 0 Å². The van der Waals surface area contributed by atoms with Gasteiger partial charge in [-0.3, -0.25) is 0 Å². The molecule has 1 heteroatoms. The summed E-state index contributed by atoms with van der Waals surface area (Å²) in [5, 5.41) is 0. The number of benzene rings is 3. The summed E-state index contributed by atoms with van der Waals surface area (Å²) in [7, 11) is 0. The third kappa shape index (κ3) is 5.56. The molecule has 3 rings (SSSR count). The Morgan fingerprint density at radius 2 is 1.21 bits per heavy atom. The van der Waals surface area contributed by atoms with Gasteiger partial charge in [0, 0.05) is 6.61 Å². The highest BCUT2D eigenvalue weighted by Gasteiger charge is 2.09. The lowest BCUT2D eigenvalue weighted by molar-refractivity contribution is 0.0627. The Kier molecular flexibility index (Phi) is 7.87. The molecule has 0 saturated carbocycles. The number of hydrogen-bond acceptors (Lipinski definition) is 1. The van der Waals surface area contributed by atoms with Crippen LogP contribution in [0.3, 0.4) is 0 Å². The van der Waals surface area contributed by atoms with E-state index in [1.54, 1.807) is 0 Å². The maximum absolute atomic E-state index is 6.05. The largest absolute Gasteiger partial charge is 0.374 e. The van der Waals surface area contributed by atoms with Crippen molar-refractivity contribution >= 4 is 0 Å². The topological polar surface area (TPSA) is 9.23 Å². The fraction of sp³-hybridized carbons (Fsp3) is 0.333. The van der Waals surface area contributed by atoms with Crippen LogP contribution in [0, 0.1) is 0 Å². The lowest BCUT2D eigenvalue weighted by Gasteiger charge is -2.15. The highest BCUT2D eigenvalue weighted by Crippen LogP contribution is 2.32. The minimum atomic E-state index is 0.143. The Morgan fingerprint density at radius 3 is 1.86 bits per heavy atom.